The molecule has 2 heterocycles. The number of thioether (sulfide) groups is 1. The van der Waals surface area contributed by atoms with E-state index >= 15 is 0 Å². The number of rotatable bonds is 13. The lowest BCUT2D eigenvalue weighted by atomic mass is 10.0. The van der Waals surface area contributed by atoms with Gasteiger partial charge in [0, 0.05) is 30.8 Å². The van der Waals surface area contributed by atoms with Gasteiger partial charge in [-0.05, 0) is 37.3 Å². The number of nitrogens with one attached hydrogen (secondary N) is 2. The molecule has 1 aromatic carbocycles. The highest BCUT2D eigenvalue weighted by atomic mass is 32.2. The lowest BCUT2D eigenvalue weighted by molar-refractivity contribution is -0.151. The van der Waals surface area contributed by atoms with Crippen molar-refractivity contribution in [1.29, 1.82) is 0 Å². The Morgan fingerprint density at radius 1 is 1.24 bits per heavy atom. The van der Waals surface area contributed by atoms with Gasteiger partial charge < -0.3 is 20.9 Å². The average Bonchev–Trinajstić information content (AvgIpc) is 2.84. The molecule has 5 N–H and O–H groups in total. The van der Waals surface area contributed by atoms with Crippen molar-refractivity contribution in [3.8, 4) is 0 Å². The van der Waals surface area contributed by atoms with Crippen LogP contribution in [0.3, 0.4) is 0 Å². The number of nitrogens with zero attached hydrogens (tertiary/aromatic N) is 1. The maximum absolute atomic E-state index is 14.0. The molecule has 0 aromatic heterocycles. The fourth-order valence-electron chi connectivity index (χ4n) is 4.12. The number of nitrogens with two attached hydrogens (primary N) is 1. The van der Waals surface area contributed by atoms with Gasteiger partial charge in [0.25, 0.3) is 5.91 Å². The first-order chi connectivity index (χ1) is 17.6. The van der Waals surface area contributed by atoms with E-state index < -0.39 is 35.6 Å². The molecule has 4 unspecified atom stereocenters. The SMILES string of the molecule is CC(=O)OCC1=C(C(=O)O)N2C(=O)C(NC(=O)Cc3ccc(CNC(F)CCCC(C)N)cc3)C2SC1. The van der Waals surface area contributed by atoms with Crippen molar-refractivity contribution in [3.63, 3.8) is 0 Å². The second-order valence-electron chi connectivity index (χ2n) is 9.24. The van der Waals surface area contributed by atoms with Gasteiger partial charge in [-0.1, -0.05) is 24.3 Å². The number of carbonyl (C=O) groups excluding carboxylic acids is 3. The standard InChI is InChI=1S/C25H33FN4O6S/c1-14(27)4-3-5-19(26)28-11-17-8-6-16(7-9-17)10-20(32)29-21-23(33)30-22(25(34)35)18(12-36-15(2)31)13-37-24(21)30/h6-9,14,19,21,24,28H,3-5,10-13,27H2,1-2H3,(H,29,32)(H,34,35). The summed E-state index contributed by atoms with van der Waals surface area (Å²) in [4.78, 5) is 49.3. The van der Waals surface area contributed by atoms with Gasteiger partial charge in [-0.2, -0.15) is 0 Å². The van der Waals surface area contributed by atoms with E-state index in [0.29, 0.717) is 25.0 Å². The molecule has 0 spiro atoms. The van der Waals surface area contributed by atoms with E-state index in [4.69, 9.17) is 10.5 Å². The quantitative estimate of drug-likeness (QED) is 0.167. The van der Waals surface area contributed by atoms with Crippen molar-refractivity contribution in [2.24, 2.45) is 5.73 Å². The van der Waals surface area contributed by atoms with Gasteiger partial charge in [0.15, 0.2) is 6.30 Å². The number of alkyl halides is 1. The molecular formula is C25H33FN4O6S. The van der Waals surface area contributed by atoms with Crippen LogP contribution in [0.1, 0.15) is 44.2 Å². The molecule has 202 valence electrons. The van der Waals surface area contributed by atoms with Crippen LogP contribution in [0.25, 0.3) is 0 Å². The highest BCUT2D eigenvalue weighted by Gasteiger charge is 2.54. The van der Waals surface area contributed by atoms with Crippen molar-refractivity contribution in [2.75, 3.05) is 12.4 Å². The van der Waals surface area contributed by atoms with Crippen LogP contribution in [0.5, 0.6) is 0 Å². The Morgan fingerprint density at radius 3 is 2.54 bits per heavy atom. The van der Waals surface area contributed by atoms with Crippen molar-refractivity contribution < 1.29 is 33.4 Å². The van der Waals surface area contributed by atoms with Crippen LogP contribution in [0.15, 0.2) is 35.5 Å². The summed E-state index contributed by atoms with van der Waals surface area (Å²) in [5, 5.41) is 14.6. The van der Waals surface area contributed by atoms with Crippen LogP contribution in [0.2, 0.25) is 0 Å². The summed E-state index contributed by atoms with van der Waals surface area (Å²) in [6, 6.07) is 6.39. The Morgan fingerprint density at radius 2 is 1.92 bits per heavy atom. The van der Waals surface area contributed by atoms with E-state index in [1.165, 1.54) is 18.7 Å². The van der Waals surface area contributed by atoms with E-state index in [9.17, 15) is 28.7 Å². The molecule has 2 aliphatic rings. The van der Waals surface area contributed by atoms with Gasteiger partial charge >= 0.3 is 11.9 Å². The van der Waals surface area contributed by atoms with Gasteiger partial charge in [-0.25, -0.2) is 9.18 Å². The molecule has 12 heteroatoms. The molecule has 10 nitrogen and oxygen atoms in total. The third-order valence-electron chi connectivity index (χ3n) is 6.05. The molecule has 2 amide bonds. The van der Waals surface area contributed by atoms with E-state index in [-0.39, 0.29) is 36.4 Å². The van der Waals surface area contributed by atoms with Crippen LogP contribution in [-0.2, 0) is 36.9 Å². The number of hydrogen-bond acceptors (Lipinski definition) is 8. The molecular weight excluding hydrogens is 503 g/mol. The van der Waals surface area contributed by atoms with Crippen LogP contribution >= 0.6 is 11.8 Å². The van der Waals surface area contributed by atoms with Gasteiger partial charge in [0.1, 0.15) is 23.7 Å². The minimum Gasteiger partial charge on any atom is -0.477 e. The van der Waals surface area contributed by atoms with E-state index in [1.54, 1.807) is 12.1 Å². The molecule has 0 bridgehead atoms. The molecule has 3 rings (SSSR count). The zero-order valence-electron chi connectivity index (χ0n) is 20.9. The lowest BCUT2D eigenvalue weighted by Gasteiger charge is -2.49. The number of benzene rings is 1. The Kier molecular flexibility index (Phi) is 10.1. The number of β-lactam (4-membered cyclic amide) rings is 1. The molecule has 1 fully saturated rings. The van der Waals surface area contributed by atoms with E-state index in [1.807, 2.05) is 19.1 Å². The number of esters is 1. The molecule has 0 aliphatic carbocycles. The number of carboxylic acids is 1. The predicted octanol–water partition coefficient (Wildman–Crippen LogP) is 1.43. The molecule has 4 atom stereocenters. The van der Waals surface area contributed by atoms with E-state index in [0.717, 1.165) is 22.4 Å². The largest absolute Gasteiger partial charge is 0.477 e. The number of carboxylic acid groups (broad SMARTS) is 1. The zero-order chi connectivity index (χ0) is 27.1. The maximum atomic E-state index is 14.0. The van der Waals surface area contributed by atoms with Gasteiger partial charge in [0.2, 0.25) is 5.91 Å². The molecule has 37 heavy (non-hydrogen) atoms. The Hall–Kier alpha value is -2.96. The second kappa shape index (κ2) is 13.0. The van der Waals surface area contributed by atoms with Crippen LogP contribution in [0, 0.1) is 0 Å². The van der Waals surface area contributed by atoms with Crippen LogP contribution in [0.4, 0.5) is 4.39 Å². The fraction of sp³-hybridized carbons (Fsp3) is 0.520. The average molecular weight is 537 g/mol. The van der Waals surface area contributed by atoms with Gasteiger partial charge in [-0.3, -0.25) is 24.6 Å². The number of fused-ring (bicyclic) bond motifs is 1. The van der Waals surface area contributed by atoms with Gasteiger partial charge in [-0.15, -0.1) is 11.8 Å². The Labute approximate surface area is 219 Å². The van der Waals surface area contributed by atoms with Crippen molar-refractivity contribution in [1.82, 2.24) is 15.5 Å². The first kappa shape index (κ1) is 28.6. The summed E-state index contributed by atoms with van der Waals surface area (Å²) < 4.78 is 18.9. The normalized spacial score (nSPS) is 20.5. The number of amides is 2. The summed E-state index contributed by atoms with van der Waals surface area (Å²) in [6.45, 7) is 3.27. The third-order valence-corrected chi connectivity index (χ3v) is 7.39. The minimum absolute atomic E-state index is 0.0389. The minimum atomic E-state index is -1.29. The fourth-order valence-corrected chi connectivity index (χ4v) is 5.44. The first-order valence-electron chi connectivity index (χ1n) is 12.1. The summed E-state index contributed by atoms with van der Waals surface area (Å²) in [7, 11) is 0. The van der Waals surface area contributed by atoms with Crippen LogP contribution in [-0.4, -0.2) is 69.9 Å². The van der Waals surface area contributed by atoms with Crippen LogP contribution < -0.4 is 16.4 Å². The zero-order valence-corrected chi connectivity index (χ0v) is 21.7. The highest BCUT2D eigenvalue weighted by Crippen LogP contribution is 2.40. The molecule has 0 radical (unpaired) electrons. The summed E-state index contributed by atoms with van der Waals surface area (Å²) in [6.07, 6.45) is 0.808. The van der Waals surface area contributed by atoms with Crippen molar-refractivity contribution >= 4 is 35.5 Å². The monoisotopic (exact) mass is 536 g/mol. The summed E-state index contributed by atoms with van der Waals surface area (Å²) in [5.41, 5.74) is 7.41. The summed E-state index contributed by atoms with van der Waals surface area (Å²) in [5.74, 6) is -2.46. The van der Waals surface area contributed by atoms with Crippen molar-refractivity contribution in [2.45, 2.75) is 69.8 Å². The maximum Gasteiger partial charge on any atom is 0.352 e. The van der Waals surface area contributed by atoms with Gasteiger partial charge in [0.05, 0.1) is 6.42 Å². The molecule has 2 aliphatic heterocycles. The summed E-state index contributed by atoms with van der Waals surface area (Å²) >= 11 is 1.30. The predicted molar refractivity (Wildman–Crippen MR) is 136 cm³/mol. The number of ether oxygens (including phenoxy) is 1. The second-order valence-corrected chi connectivity index (χ2v) is 10.3. The lowest BCUT2D eigenvalue weighted by Crippen LogP contribution is -2.70. The molecule has 1 saturated heterocycles. The number of halogens is 1. The third kappa shape index (κ3) is 7.76. The number of carbonyl (C=O) groups is 4. The molecule has 1 aromatic rings. The smallest absolute Gasteiger partial charge is 0.352 e. The Bertz CT molecular complexity index is 1050. The van der Waals surface area contributed by atoms with Crippen molar-refractivity contribution in [3.05, 3.63) is 46.7 Å². The Balaban J connectivity index is 1.49. The topological polar surface area (TPSA) is 151 Å². The highest BCUT2D eigenvalue weighted by molar-refractivity contribution is 8.00. The van der Waals surface area contributed by atoms with E-state index in [2.05, 4.69) is 10.6 Å². The number of aliphatic carboxylic acids is 1. The first-order valence-corrected chi connectivity index (χ1v) is 13.1. The number of hydrogen-bond donors (Lipinski definition) is 4. The molecule has 0 saturated carbocycles.